The Hall–Kier alpha value is -2.11. The molecule has 1 heterocycles. The van der Waals surface area contributed by atoms with E-state index in [1.807, 2.05) is 6.07 Å². The average Bonchev–Trinajstić information content (AvgIpc) is 2.48. The first-order valence-electron chi connectivity index (χ1n) is 5.88. The molecule has 0 fully saturated rings. The monoisotopic (exact) mass is 260 g/mol. The summed E-state index contributed by atoms with van der Waals surface area (Å²) in [5.41, 5.74) is 7.21. The minimum absolute atomic E-state index is 0.0473. The lowest BCUT2D eigenvalue weighted by Gasteiger charge is -2.12. The zero-order chi connectivity index (χ0) is 13.7. The Bertz CT molecular complexity index is 558. The molecule has 3 N–H and O–H groups in total. The lowest BCUT2D eigenvalue weighted by molar-refractivity contribution is 0.280. The summed E-state index contributed by atoms with van der Waals surface area (Å²) in [6.45, 7) is 0.300. The van der Waals surface area contributed by atoms with Gasteiger partial charge in [-0.05, 0) is 23.8 Å². The summed E-state index contributed by atoms with van der Waals surface area (Å²) in [7, 11) is 1.55. The van der Waals surface area contributed by atoms with Gasteiger partial charge in [0.15, 0.2) is 11.5 Å². The molecule has 0 saturated carbocycles. The number of nitrogens with two attached hydrogens (primary N) is 1. The second kappa shape index (κ2) is 6.17. The lowest BCUT2D eigenvalue weighted by Crippen LogP contribution is -2.01. The number of nitrogens with zero attached hydrogens (tertiary/aromatic N) is 1. The smallest absolute Gasteiger partial charge is 0.223 e. The highest BCUT2D eigenvalue weighted by Crippen LogP contribution is 2.32. The van der Waals surface area contributed by atoms with Crippen LogP contribution in [0.1, 0.15) is 11.1 Å². The standard InChI is InChI=1S/C14H16N2O3/c1-18-13-7-10(9-17)4-5-12(13)19-14-11(8-15)3-2-6-16-14/h2-7,17H,8-9,15H2,1H3. The van der Waals surface area contributed by atoms with E-state index in [-0.39, 0.29) is 6.61 Å². The van der Waals surface area contributed by atoms with Crippen molar-refractivity contribution in [1.29, 1.82) is 0 Å². The summed E-state index contributed by atoms with van der Waals surface area (Å²) in [4.78, 5) is 4.16. The van der Waals surface area contributed by atoms with E-state index in [2.05, 4.69) is 4.98 Å². The Balaban J connectivity index is 2.32. The van der Waals surface area contributed by atoms with E-state index in [1.165, 1.54) is 0 Å². The zero-order valence-electron chi connectivity index (χ0n) is 10.7. The van der Waals surface area contributed by atoms with E-state index < -0.39 is 0 Å². The first kappa shape index (κ1) is 13.3. The van der Waals surface area contributed by atoms with E-state index in [9.17, 15) is 0 Å². The van der Waals surface area contributed by atoms with Crippen molar-refractivity contribution in [3.05, 3.63) is 47.7 Å². The number of methoxy groups -OCH3 is 1. The molecule has 5 heteroatoms. The quantitative estimate of drug-likeness (QED) is 0.857. The van der Waals surface area contributed by atoms with Gasteiger partial charge in [0.05, 0.1) is 13.7 Å². The fourth-order valence-corrected chi connectivity index (χ4v) is 1.67. The van der Waals surface area contributed by atoms with Gasteiger partial charge in [-0.15, -0.1) is 0 Å². The molecule has 0 radical (unpaired) electrons. The number of hydrogen-bond donors (Lipinski definition) is 2. The molecule has 0 atom stereocenters. The number of rotatable bonds is 5. The summed E-state index contributed by atoms with van der Waals surface area (Å²) in [6, 6.07) is 8.89. The first-order valence-corrected chi connectivity index (χ1v) is 5.88. The zero-order valence-corrected chi connectivity index (χ0v) is 10.7. The van der Waals surface area contributed by atoms with E-state index in [4.69, 9.17) is 20.3 Å². The van der Waals surface area contributed by atoms with Crippen molar-refractivity contribution in [1.82, 2.24) is 4.98 Å². The predicted octanol–water partition coefficient (Wildman–Crippen LogP) is 1.83. The van der Waals surface area contributed by atoms with E-state index in [0.717, 1.165) is 11.1 Å². The van der Waals surface area contributed by atoms with Crippen LogP contribution in [0.5, 0.6) is 17.4 Å². The molecular formula is C14H16N2O3. The van der Waals surface area contributed by atoms with Crippen molar-refractivity contribution >= 4 is 0 Å². The number of ether oxygens (including phenoxy) is 2. The number of aliphatic hydroxyl groups is 1. The van der Waals surface area contributed by atoms with Crippen LogP contribution in [0.4, 0.5) is 0 Å². The van der Waals surface area contributed by atoms with Crippen LogP contribution in [0.2, 0.25) is 0 Å². The van der Waals surface area contributed by atoms with Crippen LogP contribution in [0.15, 0.2) is 36.5 Å². The van der Waals surface area contributed by atoms with Crippen LogP contribution < -0.4 is 15.2 Å². The molecule has 0 amide bonds. The van der Waals surface area contributed by atoms with Crippen molar-refractivity contribution in [2.24, 2.45) is 5.73 Å². The minimum Gasteiger partial charge on any atom is -0.493 e. The molecule has 0 aliphatic carbocycles. The van der Waals surface area contributed by atoms with Gasteiger partial charge in [0, 0.05) is 18.3 Å². The second-order valence-electron chi connectivity index (χ2n) is 3.92. The summed E-state index contributed by atoms with van der Waals surface area (Å²) in [5, 5.41) is 9.10. The maximum atomic E-state index is 9.10. The molecule has 2 rings (SSSR count). The summed E-state index contributed by atoms with van der Waals surface area (Å²) >= 11 is 0. The third-order valence-corrected chi connectivity index (χ3v) is 2.69. The maximum absolute atomic E-state index is 9.10. The van der Waals surface area contributed by atoms with Crippen LogP contribution in [-0.4, -0.2) is 17.2 Å². The predicted molar refractivity (Wildman–Crippen MR) is 71.1 cm³/mol. The Kier molecular flexibility index (Phi) is 4.33. The largest absolute Gasteiger partial charge is 0.493 e. The maximum Gasteiger partial charge on any atom is 0.223 e. The number of hydrogen-bond acceptors (Lipinski definition) is 5. The van der Waals surface area contributed by atoms with Crippen LogP contribution in [0.25, 0.3) is 0 Å². The van der Waals surface area contributed by atoms with Gasteiger partial charge in [0.25, 0.3) is 0 Å². The number of pyridine rings is 1. The van der Waals surface area contributed by atoms with Gasteiger partial charge in [-0.1, -0.05) is 12.1 Å². The van der Waals surface area contributed by atoms with E-state index >= 15 is 0 Å². The van der Waals surface area contributed by atoms with Crippen molar-refractivity contribution in [2.75, 3.05) is 7.11 Å². The summed E-state index contributed by atoms with van der Waals surface area (Å²) < 4.78 is 11.0. The molecule has 19 heavy (non-hydrogen) atoms. The molecule has 0 aliphatic heterocycles. The fourth-order valence-electron chi connectivity index (χ4n) is 1.67. The molecular weight excluding hydrogens is 244 g/mol. The minimum atomic E-state index is -0.0473. The molecule has 1 aromatic carbocycles. The number of aliphatic hydroxyl groups excluding tert-OH is 1. The highest BCUT2D eigenvalue weighted by Gasteiger charge is 2.10. The van der Waals surface area contributed by atoms with Crippen LogP contribution in [0.3, 0.4) is 0 Å². The van der Waals surface area contributed by atoms with Crippen LogP contribution in [0, 0.1) is 0 Å². The van der Waals surface area contributed by atoms with E-state index in [1.54, 1.807) is 37.6 Å². The van der Waals surface area contributed by atoms with Crippen molar-refractivity contribution in [3.63, 3.8) is 0 Å². The van der Waals surface area contributed by atoms with Crippen molar-refractivity contribution < 1.29 is 14.6 Å². The molecule has 5 nitrogen and oxygen atoms in total. The highest BCUT2D eigenvalue weighted by atomic mass is 16.5. The molecule has 2 aromatic rings. The van der Waals surface area contributed by atoms with Gasteiger partial charge in [0.1, 0.15) is 0 Å². The Morgan fingerprint density at radius 1 is 1.26 bits per heavy atom. The molecule has 1 aromatic heterocycles. The van der Waals surface area contributed by atoms with Gasteiger partial charge in [-0.2, -0.15) is 0 Å². The SMILES string of the molecule is COc1cc(CO)ccc1Oc1ncccc1CN. The van der Waals surface area contributed by atoms with Crippen LogP contribution in [-0.2, 0) is 13.2 Å². The summed E-state index contributed by atoms with van der Waals surface area (Å²) in [6.07, 6.45) is 1.64. The molecule has 0 spiro atoms. The Labute approximate surface area is 111 Å². The first-order chi connectivity index (χ1) is 9.28. The Morgan fingerprint density at radius 3 is 2.79 bits per heavy atom. The lowest BCUT2D eigenvalue weighted by atomic mass is 10.2. The van der Waals surface area contributed by atoms with Crippen LogP contribution >= 0.6 is 0 Å². The van der Waals surface area contributed by atoms with Crippen molar-refractivity contribution in [2.45, 2.75) is 13.2 Å². The van der Waals surface area contributed by atoms with Crippen molar-refractivity contribution in [3.8, 4) is 17.4 Å². The van der Waals surface area contributed by atoms with E-state index in [0.29, 0.717) is 23.9 Å². The third kappa shape index (κ3) is 3.01. The van der Waals surface area contributed by atoms with Gasteiger partial charge < -0.3 is 20.3 Å². The summed E-state index contributed by atoms with van der Waals surface area (Å²) in [5.74, 6) is 1.54. The second-order valence-corrected chi connectivity index (χ2v) is 3.92. The molecule has 0 unspecified atom stereocenters. The average molecular weight is 260 g/mol. The molecule has 0 aliphatic rings. The molecule has 0 bridgehead atoms. The number of benzene rings is 1. The van der Waals surface area contributed by atoms with Gasteiger partial charge in [-0.3, -0.25) is 0 Å². The van der Waals surface area contributed by atoms with Gasteiger partial charge >= 0.3 is 0 Å². The van der Waals surface area contributed by atoms with Gasteiger partial charge in [0.2, 0.25) is 5.88 Å². The fraction of sp³-hybridized carbons (Fsp3) is 0.214. The molecule has 0 saturated heterocycles. The number of aromatic nitrogens is 1. The topological polar surface area (TPSA) is 77.6 Å². The Morgan fingerprint density at radius 2 is 2.11 bits per heavy atom. The molecule has 100 valence electrons. The normalized spacial score (nSPS) is 10.3. The highest BCUT2D eigenvalue weighted by molar-refractivity contribution is 5.45. The van der Waals surface area contributed by atoms with Gasteiger partial charge in [-0.25, -0.2) is 4.98 Å². The third-order valence-electron chi connectivity index (χ3n) is 2.69.